The van der Waals surface area contributed by atoms with Crippen LogP contribution in [-0.2, 0) is 13.1 Å². The molecular formula is C26H21ClN4S2. The lowest BCUT2D eigenvalue weighted by atomic mass is 10.1. The molecule has 0 saturated heterocycles. The molecular weight excluding hydrogens is 468 g/mol. The van der Waals surface area contributed by atoms with Gasteiger partial charge in [0, 0.05) is 38.1 Å². The summed E-state index contributed by atoms with van der Waals surface area (Å²) in [6.45, 7) is 1.16. The fraction of sp³-hybridized carbons (Fsp3) is 0.0769. The maximum atomic E-state index is 6.25. The van der Waals surface area contributed by atoms with E-state index in [9.17, 15) is 0 Å². The summed E-state index contributed by atoms with van der Waals surface area (Å²) in [4.78, 5) is 13.2. The second kappa shape index (κ2) is 9.85. The normalized spacial score (nSPS) is 11.5. The number of hydrogen-bond donors (Lipinski definition) is 2. The van der Waals surface area contributed by atoms with Crippen LogP contribution in [0.3, 0.4) is 0 Å². The van der Waals surface area contributed by atoms with Gasteiger partial charge >= 0.3 is 0 Å². The first-order chi connectivity index (χ1) is 16.2. The second-order valence-electron chi connectivity index (χ2n) is 7.48. The monoisotopic (exact) mass is 488 g/mol. The smallest absolute Gasteiger partial charge is 0.155 e. The number of nitrogens with one attached hydrogen (secondary N) is 1. The van der Waals surface area contributed by atoms with Crippen molar-refractivity contribution in [3.05, 3.63) is 99.0 Å². The largest absolute Gasteiger partial charge is 0.365 e. The van der Waals surface area contributed by atoms with Gasteiger partial charge in [0.1, 0.15) is 5.82 Å². The molecule has 0 amide bonds. The number of thiophene rings is 2. The molecule has 0 fully saturated rings. The van der Waals surface area contributed by atoms with Crippen molar-refractivity contribution in [1.82, 2.24) is 9.97 Å². The van der Waals surface area contributed by atoms with E-state index in [1.54, 1.807) is 22.7 Å². The molecule has 3 N–H and O–H groups in total. The molecule has 3 aromatic heterocycles. The van der Waals surface area contributed by atoms with E-state index in [1.807, 2.05) is 36.4 Å². The molecule has 5 rings (SSSR count). The molecule has 0 spiro atoms. The maximum Gasteiger partial charge on any atom is 0.155 e. The Labute approximate surface area is 205 Å². The van der Waals surface area contributed by atoms with Crippen LogP contribution in [0, 0.1) is 0 Å². The standard InChI is InChI=1S/C26H21ClN4S2/c27-19-6-9-21-22(14-19)30-25(11-8-20-7-10-24(33-20)23-5-2-12-32-23)31-26(21)29-16-18-4-1-3-17(13-18)15-28/h1-14H,15-16,28H2,(H,29,30,31). The molecule has 0 atom stereocenters. The van der Waals surface area contributed by atoms with E-state index in [1.165, 1.54) is 9.75 Å². The number of rotatable bonds is 7. The molecule has 0 aliphatic heterocycles. The number of hydrogen-bond acceptors (Lipinski definition) is 6. The number of fused-ring (bicyclic) bond motifs is 1. The Balaban J connectivity index is 1.43. The third kappa shape index (κ3) is 5.15. The van der Waals surface area contributed by atoms with Crippen LogP contribution in [-0.4, -0.2) is 9.97 Å². The Morgan fingerprint density at radius 2 is 1.82 bits per heavy atom. The average Bonchev–Trinajstić information content (AvgIpc) is 3.53. The molecule has 5 aromatic rings. The van der Waals surface area contributed by atoms with E-state index in [4.69, 9.17) is 27.3 Å². The first-order valence-corrected chi connectivity index (χ1v) is 12.6. The summed E-state index contributed by atoms with van der Waals surface area (Å²) in [5, 5.41) is 7.15. The van der Waals surface area contributed by atoms with Gasteiger partial charge in [0.2, 0.25) is 0 Å². The minimum absolute atomic E-state index is 0.522. The minimum Gasteiger partial charge on any atom is -0.365 e. The Kier molecular flexibility index (Phi) is 6.51. The van der Waals surface area contributed by atoms with Crippen molar-refractivity contribution >= 4 is 63.1 Å². The van der Waals surface area contributed by atoms with Gasteiger partial charge in [-0.15, -0.1) is 22.7 Å². The molecule has 2 aromatic carbocycles. The molecule has 0 saturated carbocycles. The zero-order valence-corrected chi connectivity index (χ0v) is 20.1. The van der Waals surface area contributed by atoms with Crippen LogP contribution >= 0.6 is 34.3 Å². The number of anilines is 1. The topological polar surface area (TPSA) is 63.8 Å². The van der Waals surface area contributed by atoms with E-state index < -0.39 is 0 Å². The van der Waals surface area contributed by atoms with E-state index in [2.05, 4.69) is 53.2 Å². The van der Waals surface area contributed by atoms with Crippen molar-refractivity contribution in [2.75, 3.05) is 5.32 Å². The fourth-order valence-corrected chi connectivity index (χ4v) is 5.44. The van der Waals surface area contributed by atoms with Crippen molar-refractivity contribution in [3.63, 3.8) is 0 Å². The number of halogens is 1. The molecule has 3 heterocycles. The van der Waals surface area contributed by atoms with Crippen LogP contribution in [0.4, 0.5) is 5.82 Å². The Morgan fingerprint density at radius 1 is 0.909 bits per heavy atom. The average molecular weight is 489 g/mol. The predicted molar refractivity (Wildman–Crippen MR) is 143 cm³/mol. The van der Waals surface area contributed by atoms with E-state index in [0.717, 1.165) is 32.7 Å². The van der Waals surface area contributed by atoms with Gasteiger partial charge in [-0.3, -0.25) is 0 Å². The number of aromatic nitrogens is 2. The zero-order chi connectivity index (χ0) is 22.6. The highest BCUT2D eigenvalue weighted by Gasteiger charge is 2.08. The number of nitrogens with zero attached hydrogens (tertiary/aromatic N) is 2. The van der Waals surface area contributed by atoms with E-state index in [0.29, 0.717) is 23.9 Å². The van der Waals surface area contributed by atoms with Crippen LogP contribution in [0.1, 0.15) is 21.8 Å². The lowest BCUT2D eigenvalue weighted by molar-refractivity contribution is 1.04. The summed E-state index contributed by atoms with van der Waals surface area (Å²) in [7, 11) is 0. The summed E-state index contributed by atoms with van der Waals surface area (Å²) in [6.07, 6.45) is 4.01. The van der Waals surface area contributed by atoms with Crippen molar-refractivity contribution in [3.8, 4) is 9.75 Å². The van der Waals surface area contributed by atoms with Gasteiger partial charge in [-0.25, -0.2) is 9.97 Å². The minimum atomic E-state index is 0.522. The van der Waals surface area contributed by atoms with Gasteiger partial charge in [0.05, 0.1) is 5.52 Å². The molecule has 33 heavy (non-hydrogen) atoms. The van der Waals surface area contributed by atoms with Gasteiger partial charge in [-0.2, -0.15) is 0 Å². The van der Waals surface area contributed by atoms with Crippen LogP contribution in [0.2, 0.25) is 5.02 Å². The highest BCUT2D eigenvalue weighted by Crippen LogP contribution is 2.32. The van der Waals surface area contributed by atoms with Gasteiger partial charge < -0.3 is 11.1 Å². The molecule has 0 aliphatic carbocycles. The summed E-state index contributed by atoms with van der Waals surface area (Å²) in [5.41, 5.74) is 8.85. The summed E-state index contributed by atoms with van der Waals surface area (Å²) in [6, 6.07) is 22.4. The Hall–Kier alpha value is -3.03. The lowest BCUT2D eigenvalue weighted by Gasteiger charge is -2.11. The van der Waals surface area contributed by atoms with Crippen LogP contribution in [0.25, 0.3) is 32.8 Å². The quantitative estimate of drug-likeness (QED) is 0.252. The van der Waals surface area contributed by atoms with Gasteiger partial charge in [0.15, 0.2) is 5.82 Å². The molecule has 164 valence electrons. The van der Waals surface area contributed by atoms with Crippen molar-refractivity contribution in [2.24, 2.45) is 5.73 Å². The van der Waals surface area contributed by atoms with Gasteiger partial charge in [0.25, 0.3) is 0 Å². The zero-order valence-electron chi connectivity index (χ0n) is 17.7. The second-order valence-corrected chi connectivity index (χ2v) is 9.98. The SMILES string of the molecule is NCc1cccc(CNc2nc(C=Cc3ccc(-c4cccs4)s3)nc3cc(Cl)ccc23)c1. The van der Waals surface area contributed by atoms with Gasteiger partial charge in [-0.05, 0) is 65.1 Å². The lowest BCUT2D eigenvalue weighted by Crippen LogP contribution is -2.05. The molecule has 7 heteroatoms. The number of benzene rings is 2. The van der Waals surface area contributed by atoms with Crippen molar-refractivity contribution < 1.29 is 0 Å². The fourth-order valence-electron chi connectivity index (χ4n) is 3.53. The van der Waals surface area contributed by atoms with Crippen molar-refractivity contribution in [1.29, 1.82) is 0 Å². The molecule has 0 unspecified atom stereocenters. The van der Waals surface area contributed by atoms with Gasteiger partial charge in [-0.1, -0.05) is 41.9 Å². The first kappa shape index (κ1) is 21.8. The molecule has 0 radical (unpaired) electrons. The summed E-state index contributed by atoms with van der Waals surface area (Å²) >= 11 is 9.75. The third-order valence-electron chi connectivity index (χ3n) is 5.15. The summed E-state index contributed by atoms with van der Waals surface area (Å²) < 4.78 is 0. The Morgan fingerprint density at radius 3 is 2.67 bits per heavy atom. The van der Waals surface area contributed by atoms with Crippen LogP contribution in [0.15, 0.2) is 72.1 Å². The summed E-state index contributed by atoms with van der Waals surface area (Å²) in [5.74, 6) is 1.41. The Bertz CT molecular complexity index is 1420. The molecule has 4 nitrogen and oxygen atoms in total. The number of nitrogens with two attached hydrogens (primary N) is 1. The highest BCUT2D eigenvalue weighted by atomic mass is 35.5. The third-order valence-corrected chi connectivity index (χ3v) is 7.50. The van der Waals surface area contributed by atoms with Crippen molar-refractivity contribution in [2.45, 2.75) is 13.1 Å². The van der Waals surface area contributed by atoms with Crippen LogP contribution in [0.5, 0.6) is 0 Å². The molecule has 0 bridgehead atoms. The molecule has 0 aliphatic rings. The maximum absolute atomic E-state index is 6.25. The van der Waals surface area contributed by atoms with E-state index >= 15 is 0 Å². The first-order valence-electron chi connectivity index (χ1n) is 10.5. The van der Waals surface area contributed by atoms with Crippen LogP contribution < -0.4 is 11.1 Å². The highest BCUT2D eigenvalue weighted by molar-refractivity contribution is 7.21. The van der Waals surface area contributed by atoms with E-state index in [-0.39, 0.29) is 0 Å². The predicted octanol–water partition coefficient (Wildman–Crippen LogP) is 7.31.